The van der Waals surface area contributed by atoms with Crippen LogP contribution in [0.5, 0.6) is 0 Å². The van der Waals surface area contributed by atoms with Crippen molar-refractivity contribution in [1.82, 2.24) is 4.90 Å². The fraction of sp³-hybridized carbons (Fsp3) is 0.429. The van der Waals surface area contributed by atoms with Crippen LogP contribution in [0.15, 0.2) is 29.4 Å². The van der Waals surface area contributed by atoms with E-state index in [1.807, 2.05) is 24.3 Å². The van der Waals surface area contributed by atoms with Crippen LogP contribution in [0.25, 0.3) is 0 Å². The fourth-order valence-corrected chi connectivity index (χ4v) is 1.81. The SMILES string of the molecule is CN(C)C(=O)ON=Cc1ccc(N2CCOCC2)cc1. The van der Waals surface area contributed by atoms with Crippen molar-refractivity contribution in [1.29, 1.82) is 0 Å². The lowest BCUT2D eigenvalue weighted by atomic mass is 10.2. The molecular weight excluding hydrogens is 258 g/mol. The van der Waals surface area contributed by atoms with E-state index in [-0.39, 0.29) is 0 Å². The van der Waals surface area contributed by atoms with Crippen molar-refractivity contribution >= 4 is 18.0 Å². The summed E-state index contributed by atoms with van der Waals surface area (Å²) in [6, 6.07) is 7.94. The second kappa shape index (κ2) is 6.91. The maximum absolute atomic E-state index is 11.2. The molecule has 1 amide bonds. The van der Waals surface area contributed by atoms with E-state index in [1.165, 1.54) is 11.1 Å². The molecular formula is C14H19N3O3. The highest BCUT2D eigenvalue weighted by Gasteiger charge is 2.10. The second-order valence-corrected chi connectivity index (χ2v) is 4.68. The summed E-state index contributed by atoms with van der Waals surface area (Å²) in [7, 11) is 3.21. The predicted octanol–water partition coefficient (Wildman–Crippen LogP) is 1.56. The van der Waals surface area contributed by atoms with Crippen LogP contribution in [-0.2, 0) is 9.57 Å². The highest BCUT2D eigenvalue weighted by atomic mass is 16.7. The molecule has 2 rings (SSSR count). The molecule has 0 atom stereocenters. The van der Waals surface area contributed by atoms with Crippen LogP contribution in [0.1, 0.15) is 5.56 Å². The average Bonchev–Trinajstić information content (AvgIpc) is 2.48. The summed E-state index contributed by atoms with van der Waals surface area (Å²) in [5.41, 5.74) is 2.05. The summed E-state index contributed by atoms with van der Waals surface area (Å²) in [6.07, 6.45) is 1.02. The van der Waals surface area contributed by atoms with Crippen molar-refractivity contribution in [2.24, 2.45) is 5.16 Å². The number of benzene rings is 1. The van der Waals surface area contributed by atoms with E-state index in [1.54, 1.807) is 14.1 Å². The third kappa shape index (κ3) is 3.96. The minimum Gasteiger partial charge on any atom is -0.378 e. The summed E-state index contributed by atoms with van der Waals surface area (Å²) in [6.45, 7) is 3.36. The normalized spacial score (nSPS) is 15.4. The zero-order valence-electron chi connectivity index (χ0n) is 11.8. The molecule has 1 saturated heterocycles. The van der Waals surface area contributed by atoms with Gasteiger partial charge in [0, 0.05) is 32.9 Å². The Bertz CT molecular complexity index is 465. The largest absolute Gasteiger partial charge is 0.435 e. The molecule has 0 aromatic heterocycles. The molecule has 1 aromatic carbocycles. The monoisotopic (exact) mass is 277 g/mol. The second-order valence-electron chi connectivity index (χ2n) is 4.68. The van der Waals surface area contributed by atoms with Crippen molar-refractivity contribution in [3.05, 3.63) is 29.8 Å². The molecule has 0 spiro atoms. The molecule has 20 heavy (non-hydrogen) atoms. The van der Waals surface area contributed by atoms with Gasteiger partial charge in [0.15, 0.2) is 0 Å². The fourth-order valence-electron chi connectivity index (χ4n) is 1.81. The average molecular weight is 277 g/mol. The third-order valence-electron chi connectivity index (χ3n) is 2.97. The minimum atomic E-state index is -0.494. The molecule has 0 aliphatic carbocycles. The van der Waals surface area contributed by atoms with Crippen LogP contribution >= 0.6 is 0 Å². The van der Waals surface area contributed by atoms with E-state index in [0.29, 0.717) is 0 Å². The lowest BCUT2D eigenvalue weighted by Gasteiger charge is -2.28. The highest BCUT2D eigenvalue weighted by molar-refractivity contribution is 5.80. The predicted molar refractivity (Wildman–Crippen MR) is 77.2 cm³/mol. The van der Waals surface area contributed by atoms with Crippen molar-refractivity contribution in [2.75, 3.05) is 45.3 Å². The first-order valence-electron chi connectivity index (χ1n) is 6.51. The molecule has 1 aliphatic heterocycles. The number of amides is 1. The van der Waals surface area contributed by atoms with Crippen LogP contribution in [0, 0.1) is 0 Å². The minimum absolute atomic E-state index is 0.494. The van der Waals surface area contributed by atoms with Crippen LogP contribution in [0.2, 0.25) is 0 Å². The zero-order valence-corrected chi connectivity index (χ0v) is 11.8. The van der Waals surface area contributed by atoms with Crippen molar-refractivity contribution in [3.8, 4) is 0 Å². The van der Waals surface area contributed by atoms with Gasteiger partial charge in [-0.25, -0.2) is 4.79 Å². The Hall–Kier alpha value is -2.08. The number of ether oxygens (including phenoxy) is 1. The Morgan fingerprint density at radius 1 is 1.30 bits per heavy atom. The van der Waals surface area contributed by atoms with Crippen molar-refractivity contribution in [3.63, 3.8) is 0 Å². The van der Waals surface area contributed by atoms with Gasteiger partial charge < -0.3 is 14.5 Å². The molecule has 0 unspecified atom stereocenters. The topological polar surface area (TPSA) is 54.4 Å². The number of hydrogen-bond acceptors (Lipinski definition) is 5. The van der Waals surface area contributed by atoms with E-state index in [2.05, 4.69) is 14.9 Å². The van der Waals surface area contributed by atoms with Crippen LogP contribution < -0.4 is 4.90 Å². The van der Waals surface area contributed by atoms with E-state index in [4.69, 9.17) is 4.74 Å². The van der Waals surface area contributed by atoms with Crippen LogP contribution in [0.4, 0.5) is 10.5 Å². The zero-order chi connectivity index (χ0) is 14.4. The number of carbonyl (C=O) groups excluding carboxylic acids is 1. The Balaban J connectivity index is 1.91. The third-order valence-corrected chi connectivity index (χ3v) is 2.97. The highest BCUT2D eigenvalue weighted by Crippen LogP contribution is 2.15. The van der Waals surface area contributed by atoms with Gasteiger partial charge in [-0.3, -0.25) is 4.84 Å². The molecule has 0 saturated carbocycles. The van der Waals surface area contributed by atoms with Crippen LogP contribution in [-0.4, -0.2) is 57.6 Å². The molecule has 6 heteroatoms. The Labute approximate surface area is 118 Å². The summed E-state index contributed by atoms with van der Waals surface area (Å²) in [4.78, 5) is 19.4. The lowest BCUT2D eigenvalue weighted by Crippen LogP contribution is -2.36. The Morgan fingerprint density at radius 2 is 1.95 bits per heavy atom. The maximum Gasteiger partial charge on any atom is 0.435 e. The number of hydrogen-bond donors (Lipinski definition) is 0. The molecule has 1 fully saturated rings. The van der Waals surface area contributed by atoms with Crippen molar-refractivity contribution in [2.45, 2.75) is 0 Å². The van der Waals surface area contributed by atoms with Gasteiger partial charge in [-0.15, -0.1) is 0 Å². The number of oxime groups is 1. The van der Waals surface area contributed by atoms with Gasteiger partial charge in [-0.1, -0.05) is 17.3 Å². The van der Waals surface area contributed by atoms with Gasteiger partial charge in [0.2, 0.25) is 0 Å². The standard InChI is InChI=1S/C14H19N3O3/c1-16(2)14(18)20-15-11-12-3-5-13(6-4-12)17-7-9-19-10-8-17/h3-6,11H,7-10H2,1-2H3. The van der Waals surface area contributed by atoms with Gasteiger partial charge in [-0.05, 0) is 17.7 Å². The van der Waals surface area contributed by atoms with Gasteiger partial charge in [0.25, 0.3) is 0 Å². The van der Waals surface area contributed by atoms with Gasteiger partial charge in [0.1, 0.15) is 0 Å². The number of carbonyl (C=O) groups is 1. The van der Waals surface area contributed by atoms with Gasteiger partial charge in [-0.2, -0.15) is 0 Å². The molecule has 1 heterocycles. The van der Waals surface area contributed by atoms with Gasteiger partial charge >= 0.3 is 6.09 Å². The van der Waals surface area contributed by atoms with Crippen LogP contribution in [0.3, 0.4) is 0 Å². The van der Waals surface area contributed by atoms with E-state index >= 15 is 0 Å². The summed E-state index contributed by atoms with van der Waals surface area (Å²) in [5.74, 6) is 0. The molecule has 6 nitrogen and oxygen atoms in total. The molecule has 0 radical (unpaired) electrons. The molecule has 1 aromatic rings. The maximum atomic E-state index is 11.2. The Kier molecular flexibility index (Phi) is 4.95. The number of nitrogens with zero attached hydrogens (tertiary/aromatic N) is 3. The molecule has 108 valence electrons. The van der Waals surface area contributed by atoms with E-state index in [0.717, 1.165) is 37.6 Å². The summed E-state index contributed by atoms with van der Waals surface area (Å²) in [5, 5.41) is 3.66. The first-order chi connectivity index (χ1) is 9.66. The first-order valence-corrected chi connectivity index (χ1v) is 6.51. The van der Waals surface area contributed by atoms with Gasteiger partial charge in [0.05, 0.1) is 19.4 Å². The first kappa shape index (κ1) is 14.3. The quantitative estimate of drug-likeness (QED) is 0.478. The number of anilines is 1. The van der Waals surface area contributed by atoms with E-state index < -0.39 is 6.09 Å². The Morgan fingerprint density at radius 3 is 2.55 bits per heavy atom. The molecule has 1 aliphatic rings. The lowest BCUT2D eigenvalue weighted by molar-refractivity contribution is 0.122. The summed E-state index contributed by atoms with van der Waals surface area (Å²) >= 11 is 0. The van der Waals surface area contributed by atoms with Crippen molar-refractivity contribution < 1.29 is 14.4 Å². The number of morpholine rings is 1. The molecule has 0 bridgehead atoms. The number of rotatable bonds is 3. The smallest absolute Gasteiger partial charge is 0.378 e. The summed E-state index contributed by atoms with van der Waals surface area (Å²) < 4.78 is 5.32. The molecule has 0 N–H and O–H groups in total. The van der Waals surface area contributed by atoms with E-state index in [9.17, 15) is 4.79 Å².